The summed E-state index contributed by atoms with van der Waals surface area (Å²) in [6.07, 6.45) is 95.3. The lowest BCUT2D eigenvalue weighted by Gasteiger charge is -2.20. The molecule has 2 unspecified atom stereocenters. The van der Waals surface area contributed by atoms with Gasteiger partial charge in [-0.15, -0.1) is 0 Å². The van der Waals surface area contributed by atoms with Gasteiger partial charge < -0.3 is 20.3 Å². The van der Waals surface area contributed by atoms with Crippen LogP contribution in [0.25, 0.3) is 0 Å². The maximum atomic E-state index is 12.5. The molecule has 0 saturated carbocycles. The van der Waals surface area contributed by atoms with Gasteiger partial charge in [0.25, 0.3) is 0 Å². The molecule has 0 aromatic heterocycles. The Kier molecular flexibility index (Phi) is 71.9. The van der Waals surface area contributed by atoms with E-state index in [4.69, 9.17) is 4.74 Å². The van der Waals surface area contributed by atoms with Gasteiger partial charge in [0.1, 0.15) is 0 Å². The van der Waals surface area contributed by atoms with E-state index in [1.54, 1.807) is 6.08 Å². The molecule has 1 amide bonds. The summed E-state index contributed by atoms with van der Waals surface area (Å²) in [5.74, 6) is -0.0459. The zero-order valence-electron chi connectivity index (χ0n) is 56.9. The fourth-order valence-corrected chi connectivity index (χ4v) is 12.0. The van der Waals surface area contributed by atoms with Gasteiger partial charge >= 0.3 is 5.97 Å². The first-order chi connectivity index (χ1) is 41.5. The number of unbranched alkanes of at least 4 members (excludes halogenated alkanes) is 57. The van der Waals surface area contributed by atoms with Crippen LogP contribution in [0.15, 0.2) is 36.5 Å². The molecule has 0 saturated heterocycles. The van der Waals surface area contributed by atoms with E-state index >= 15 is 0 Å². The quantitative estimate of drug-likeness (QED) is 0.0320. The van der Waals surface area contributed by atoms with Gasteiger partial charge in [-0.05, 0) is 83.5 Å². The molecule has 0 aliphatic carbocycles. The van der Waals surface area contributed by atoms with Crippen LogP contribution >= 0.6 is 0 Å². The highest BCUT2D eigenvalue weighted by Gasteiger charge is 2.18. The van der Waals surface area contributed by atoms with Crippen LogP contribution in [0.2, 0.25) is 0 Å². The molecule has 0 fully saturated rings. The van der Waals surface area contributed by atoms with Crippen LogP contribution in [0.3, 0.4) is 0 Å². The average Bonchev–Trinajstić information content (AvgIpc) is 3.51. The van der Waals surface area contributed by atoms with Gasteiger partial charge in [0.15, 0.2) is 0 Å². The first kappa shape index (κ1) is 82.1. The van der Waals surface area contributed by atoms with Crippen molar-refractivity contribution in [3.05, 3.63) is 36.5 Å². The Hall–Kier alpha value is -1.92. The van der Waals surface area contributed by atoms with Gasteiger partial charge in [-0.25, -0.2) is 0 Å². The highest BCUT2D eigenvalue weighted by atomic mass is 16.5. The predicted octanol–water partition coefficient (Wildman–Crippen LogP) is 25.0. The number of aliphatic hydroxyl groups excluding tert-OH is 2. The molecular weight excluding hydrogens is 1030 g/mol. The van der Waals surface area contributed by atoms with Crippen LogP contribution < -0.4 is 5.32 Å². The third-order valence-corrected chi connectivity index (χ3v) is 17.9. The van der Waals surface area contributed by atoms with Crippen molar-refractivity contribution in [1.29, 1.82) is 0 Å². The smallest absolute Gasteiger partial charge is 0.305 e. The zero-order valence-corrected chi connectivity index (χ0v) is 56.9. The van der Waals surface area contributed by atoms with Crippen molar-refractivity contribution in [3.8, 4) is 0 Å². The standard InChI is InChI=1S/C78H149NO5/c1-3-5-7-9-11-13-15-17-19-21-35-40-44-48-52-56-60-64-68-72-78(83)84-73-69-65-61-57-53-49-45-41-37-34-32-30-28-26-24-23-25-27-29-31-33-36-39-43-47-51-55-59-63-67-71-77(82)79-75(74-80)76(81)70-66-62-58-54-50-46-42-38-22-20-18-16-14-12-10-8-6-4-2/h17,19,24,26,66,70,75-76,80-81H,3-16,18,20-23,25,27-65,67-69,71-74H2,1-2H3,(H,79,82)/b19-17-,26-24-,70-66+. The fourth-order valence-electron chi connectivity index (χ4n) is 12.0. The predicted molar refractivity (Wildman–Crippen MR) is 370 cm³/mol. The number of hydrogen-bond acceptors (Lipinski definition) is 5. The molecule has 0 radical (unpaired) electrons. The number of hydrogen-bond donors (Lipinski definition) is 3. The minimum Gasteiger partial charge on any atom is -0.466 e. The summed E-state index contributed by atoms with van der Waals surface area (Å²) in [6.45, 7) is 4.94. The summed E-state index contributed by atoms with van der Waals surface area (Å²) in [4.78, 5) is 24.6. The van der Waals surface area contributed by atoms with Crippen LogP contribution in [0.5, 0.6) is 0 Å². The van der Waals surface area contributed by atoms with E-state index in [0.717, 1.165) is 38.5 Å². The minimum absolute atomic E-state index is 0.0171. The maximum Gasteiger partial charge on any atom is 0.305 e. The zero-order chi connectivity index (χ0) is 60.6. The second kappa shape index (κ2) is 73.5. The minimum atomic E-state index is -0.844. The molecule has 0 aromatic carbocycles. The second-order valence-corrected chi connectivity index (χ2v) is 26.3. The van der Waals surface area contributed by atoms with Gasteiger partial charge in [-0.2, -0.15) is 0 Å². The fraction of sp³-hybridized carbons (Fsp3) is 0.897. The van der Waals surface area contributed by atoms with Crippen LogP contribution in [-0.2, 0) is 14.3 Å². The number of carbonyl (C=O) groups is 2. The van der Waals surface area contributed by atoms with Crippen molar-refractivity contribution in [2.24, 2.45) is 0 Å². The summed E-state index contributed by atoms with van der Waals surface area (Å²) in [5, 5.41) is 23.2. The number of aliphatic hydroxyl groups is 2. The van der Waals surface area contributed by atoms with Crippen molar-refractivity contribution in [2.75, 3.05) is 13.2 Å². The average molecular weight is 1180 g/mol. The highest BCUT2D eigenvalue weighted by molar-refractivity contribution is 5.76. The summed E-state index contributed by atoms with van der Waals surface area (Å²) in [5.41, 5.74) is 0. The van der Waals surface area contributed by atoms with Gasteiger partial charge in [0.05, 0.1) is 25.4 Å². The molecule has 0 aliphatic rings. The Morgan fingerprint density at radius 1 is 0.321 bits per heavy atom. The number of esters is 1. The summed E-state index contributed by atoms with van der Waals surface area (Å²) in [7, 11) is 0. The van der Waals surface area contributed by atoms with Crippen molar-refractivity contribution < 1.29 is 24.5 Å². The SMILES string of the molecule is CCCCCCCC/C=C\CCCCCCCCCCCC(=O)OCCCCCCCCCCCCCC/C=C\CCCCCCCCCCCCCCCCC(=O)NC(CO)C(O)/C=C/CCCCCCCCCCCCCCCCCC. The third-order valence-electron chi connectivity index (χ3n) is 17.9. The van der Waals surface area contributed by atoms with Crippen molar-refractivity contribution in [3.63, 3.8) is 0 Å². The molecule has 496 valence electrons. The van der Waals surface area contributed by atoms with E-state index < -0.39 is 12.1 Å². The Morgan fingerprint density at radius 2 is 0.560 bits per heavy atom. The lowest BCUT2D eigenvalue weighted by Crippen LogP contribution is -2.45. The molecule has 0 aromatic rings. The molecule has 2 atom stereocenters. The van der Waals surface area contributed by atoms with Crippen LogP contribution in [0.4, 0.5) is 0 Å². The monoisotopic (exact) mass is 1180 g/mol. The number of ether oxygens (including phenoxy) is 1. The molecule has 0 aliphatic heterocycles. The molecular formula is C78H149NO5. The molecule has 0 heterocycles. The van der Waals surface area contributed by atoms with Gasteiger partial charge in [-0.1, -0.05) is 365 Å². The van der Waals surface area contributed by atoms with E-state index in [0.29, 0.717) is 19.4 Å². The van der Waals surface area contributed by atoms with Crippen molar-refractivity contribution >= 4 is 11.9 Å². The molecule has 84 heavy (non-hydrogen) atoms. The number of allylic oxidation sites excluding steroid dienone is 5. The lowest BCUT2D eigenvalue weighted by atomic mass is 10.0. The molecule has 0 spiro atoms. The second-order valence-electron chi connectivity index (χ2n) is 26.3. The van der Waals surface area contributed by atoms with Crippen LogP contribution in [0.1, 0.15) is 425 Å². The van der Waals surface area contributed by atoms with Crippen LogP contribution in [0, 0.1) is 0 Å². The van der Waals surface area contributed by atoms with E-state index in [-0.39, 0.29) is 18.5 Å². The molecule has 0 rings (SSSR count). The molecule has 6 heteroatoms. The molecule has 6 nitrogen and oxygen atoms in total. The molecule has 3 N–H and O–H groups in total. The van der Waals surface area contributed by atoms with Crippen LogP contribution in [-0.4, -0.2) is 47.4 Å². The first-order valence-corrected chi connectivity index (χ1v) is 38.3. The van der Waals surface area contributed by atoms with Gasteiger partial charge in [0.2, 0.25) is 5.91 Å². The van der Waals surface area contributed by atoms with Crippen molar-refractivity contribution in [1.82, 2.24) is 5.32 Å². The first-order valence-electron chi connectivity index (χ1n) is 38.3. The molecule has 0 bridgehead atoms. The Balaban J connectivity index is 3.37. The maximum absolute atomic E-state index is 12.5. The highest BCUT2D eigenvalue weighted by Crippen LogP contribution is 2.19. The Labute approximate surface area is 525 Å². The Morgan fingerprint density at radius 3 is 0.845 bits per heavy atom. The summed E-state index contributed by atoms with van der Waals surface area (Å²) >= 11 is 0. The third kappa shape index (κ3) is 69.2. The number of amides is 1. The lowest BCUT2D eigenvalue weighted by molar-refractivity contribution is -0.143. The summed E-state index contributed by atoms with van der Waals surface area (Å²) in [6, 6.07) is -0.627. The number of rotatable bonds is 72. The normalized spacial score (nSPS) is 12.7. The van der Waals surface area contributed by atoms with Crippen molar-refractivity contribution in [2.45, 2.75) is 437 Å². The van der Waals surface area contributed by atoms with Gasteiger partial charge in [-0.3, -0.25) is 9.59 Å². The number of nitrogens with one attached hydrogen (secondary N) is 1. The van der Waals surface area contributed by atoms with Gasteiger partial charge in [0, 0.05) is 12.8 Å². The largest absolute Gasteiger partial charge is 0.466 e. The van der Waals surface area contributed by atoms with E-state index in [1.165, 1.54) is 360 Å². The van der Waals surface area contributed by atoms with E-state index in [9.17, 15) is 19.8 Å². The number of carbonyl (C=O) groups excluding carboxylic acids is 2. The topological polar surface area (TPSA) is 95.9 Å². The Bertz CT molecular complexity index is 1360. The van der Waals surface area contributed by atoms with E-state index in [2.05, 4.69) is 43.5 Å². The van der Waals surface area contributed by atoms with E-state index in [1.807, 2.05) is 6.08 Å². The summed E-state index contributed by atoms with van der Waals surface area (Å²) < 4.78 is 5.51.